The second-order valence-electron chi connectivity index (χ2n) is 4.28. The van der Waals surface area contributed by atoms with Crippen LogP contribution in [0.3, 0.4) is 0 Å². The van der Waals surface area contributed by atoms with E-state index in [-0.39, 0.29) is 18.4 Å². The quantitative estimate of drug-likeness (QED) is 0.808. The summed E-state index contributed by atoms with van der Waals surface area (Å²) in [7, 11) is 1.52. The Bertz CT molecular complexity index is 429. The molecule has 0 heterocycles. The van der Waals surface area contributed by atoms with Gasteiger partial charge in [0, 0.05) is 13.6 Å². The molecule has 0 aromatic heterocycles. The first-order valence-corrected chi connectivity index (χ1v) is 6.45. The van der Waals surface area contributed by atoms with Crippen LogP contribution in [0.5, 0.6) is 0 Å². The molecule has 5 nitrogen and oxygen atoms in total. The minimum Gasteiger partial charge on any atom is -0.337 e. The highest BCUT2D eigenvalue weighted by Gasteiger charge is 2.10. The van der Waals surface area contributed by atoms with E-state index < -0.39 is 0 Å². The molecule has 0 radical (unpaired) electrons. The first kappa shape index (κ1) is 15.0. The second kappa shape index (κ2) is 7.41. The van der Waals surface area contributed by atoms with E-state index in [0.717, 1.165) is 17.0 Å². The van der Waals surface area contributed by atoms with E-state index in [9.17, 15) is 9.59 Å². The van der Waals surface area contributed by atoms with Crippen molar-refractivity contribution in [1.29, 1.82) is 0 Å². The van der Waals surface area contributed by atoms with Gasteiger partial charge in [0.1, 0.15) is 0 Å². The van der Waals surface area contributed by atoms with E-state index in [4.69, 9.17) is 0 Å². The van der Waals surface area contributed by atoms with E-state index in [0.29, 0.717) is 6.54 Å². The molecule has 1 aromatic rings. The maximum Gasteiger partial charge on any atom is 0.335 e. The number of rotatable bonds is 4. The molecule has 0 saturated carbocycles. The van der Waals surface area contributed by atoms with E-state index in [1.807, 2.05) is 31.2 Å². The minimum atomic E-state index is -0.322. The van der Waals surface area contributed by atoms with Gasteiger partial charge in [0.05, 0.1) is 6.42 Å². The lowest BCUT2D eigenvalue weighted by Gasteiger charge is -2.18. The number of nitrogens with one attached hydrogen (secondary N) is 2. The predicted octanol–water partition coefficient (Wildman–Crippen LogP) is 1.48. The number of hydrogen-bond donors (Lipinski definition) is 2. The third kappa shape index (κ3) is 4.99. The molecule has 2 N–H and O–H groups in total. The summed E-state index contributed by atoms with van der Waals surface area (Å²) in [6, 6.07) is 7.57. The standard InChI is InChI=1S/C14H21N3O2/c1-4-11-6-8-12(9-7-11)10-13(18)16-17(3)14(19)15-5-2/h6-9H,4-5,10H2,1-3H3,(H,15,19)(H,16,18). The summed E-state index contributed by atoms with van der Waals surface area (Å²) >= 11 is 0. The van der Waals surface area contributed by atoms with Crippen molar-refractivity contribution in [1.82, 2.24) is 15.8 Å². The van der Waals surface area contributed by atoms with Gasteiger partial charge in [0.15, 0.2) is 0 Å². The Balaban J connectivity index is 2.48. The van der Waals surface area contributed by atoms with Gasteiger partial charge in [-0.25, -0.2) is 9.80 Å². The number of carbonyl (C=O) groups excluding carboxylic acids is 2. The smallest absolute Gasteiger partial charge is 0.335 e. The Morgan fingerprint density at radius 2 is 1.68 bits per heavy atom. The van der Waals surface area contributed by atoms with E-state index in [1.165, 1.54) is 12.6 Å². The molecule has 1 rings (SSSR count). The van der Waals surface area contributed by atoms with Gasteiger partial charge in [0.25, 0.3) is 0 Å². The number of amides is 3. The molecule has 0 saturated heterocycles. The van der Waals surface area contributed by atoms with Crippen LogP contribution in [0.1, 0.15) is 25.0 Å². The van der Waals surface area contributed by atoms with Crippen molar-refractivity contribution in [2.75, 3.05) is 13.6 Å². The van der Waals surface area contributed by atoms with Gasteiger partial charge in [-0.05, 0) is 24.5 Å². The van der Waals surface area contributed by atoms with Crippen LogP contribution < -0.4 is 10.7 Å². The number of hydrogen-bond acceptors (Lipinski definition) is 2. The van der Waals surface area contributed by atoms with Crippen molar-refractivity contribution in [2.45, 2.75) is 26.7 Å². The largest absolute Gasteiger partial charge is 0.337 e. The lowest BCUT2D eigenvalue weighted by Crippen LogP contribution is -2.48. The fraction of sp³-hybridized carbons (Fsp3) is 0.429. The van der Waals surface area contributed by atoms with Gasteiger partial charge in [-0.2, -0.15) is 0 Å². The fourth-order valence-electron chi connectivity index (χ4n) is 1.63. The summed E-state index contributed by atoms with van der Waals surface area (Å²) in [4.78, 5) is 23.2. The van der Waals surface area contributed by atoms with E-state index in [2.05, 4.69) is 17.7 Å². The topological polar surface area (TPSA) is 61.4 Å². The molecule has 0 aliphatic carbocycles. The molecule has 0 aliphatic heterocycles. The maximum atomic E-state index is 11.8. The number of nitrogens with zero attached hydrogens (tertiary/aromatic N) is 1. The van der Waals surface area contributed by atoms with Crippen molar-refractivity contribution in [3.63, 3.8) is 0 Å². The second-order valence-corrected chi connectivity index (χ2v) is 4.28. The molecule has 0 atom stereocenters. The average molecular weight is 263 g/mol. The summed E-state index contributed by atoms with van der Waals surface area (Å²) < 4.78 is 0. The van der Waals surface area contributed by atoms with Crippen LogP contribution in [-0.2, 0) is 17.6 Å². The van der Waals surface area contributed by atoms with Crippen LogP contribution in [0, 0.1) is 0 Å². The van der Waals surface area contributed by atoms with Crippen molar-refractivity contribution >= 4 is 11.9 Å². The zero-order chi connectivity index (χ0) is 14.3. The van der Waals surface area contributed by atoms with Crippen molar-refractivity contribution < 1.29 is 9.59 Å². The van der Waals surface area contributed by atoms with Crippen LogP contribution in [0.15, 0.2) is 24.3 Å². The molecule has 1 aromatic carbocycles. The normalized spacial score (nSPS) is 9.84. The van der Waals surface area contributed by atoms with Crippen LogP contribution in [0.25, 0.3) is 0 Å². The van der Waals surface area contributed by atoms with Gasteiger partial charge in [-0.1, -0.05) is 31.2 Å². The Labute approximate surface area is 114 Å². The summed E-state index contributed by atoms with van der Waals surface area (Å²) in [6.45, 7) is 4.43. The Hall–Kier alpha value is -2.04. The van der Waals surface area contributed by atoms with Gasteiger partial charge in [-0.15, -0.1) is 0 Å². The lowest BCUT2D eigenvalue weighted by molar-refractivity contribution is -0.123. The molecule has 3 amide bonds. The molecule has 104 valence electrons. The summed E-state index contributed by atoms with van der Waals surface area (Å²) in [6.07, 6.45) is 1.24. The zero-order valence-corrected chi connectivity index (χ0v) is 11.7. The third-order valence-electron chi connectivity index (χ3n) is 2.72. The van der Waals surface area contributed by atoms with Crippen molar-refractivity contribution in [3.8, 4) is 0 Å². The molecule has 5 heteroatoms. The number of hydrazine groups is 1. The van der Waals surface area contributed by atoms with Crippen LogP contribution in [0.2, 0.25) is 0 Å². The van der Waals surface area contributed by atoms with Gasteiger partial charge >= 0.3 is 6.03 Å². The maximum absolute atomic E-state index is 11.8. The third-order valence-corrected chi connectivity index (χ3v) is 2.72. The first-order valence-electron chi connectivity index (χ1n) is 6.45. The minimum absolute atomic E-state index is 0.210. The van der Waals surface area contributed by atoms with Crippen LogP contribution in [0.4, 0.5) is 4.79 Å². The highest BCUT2D eigenvalue weighted by atomic mass is 16.2. The van der Waals surface area contributed by atoms with Gasteiger partial charge in [0.2, 0.25) is 5.91 Å². The first-order chi connectivity index (χ1) is 9.06. The molecular weight excluding hydrogens is 242 g/mol. The number of urea groups is 1. The number of aryl methyl sites for hydroxylation is 1. The summed E-state index contributed by atoms with van der Waals surface area (Å²) in [5, 5.41) is 3.76. The average Bonchev–Trinajstić information content (AvgIpc) is 2.39. The molecule has 0 aliphatic rings. The Morgan fingerprint density at radius 3 is 2.21 bits per heavy atom. The summed E-state index contributed by atoms with van der Waals surface area (Å²) in [5.41, 5.74) is 4.69. The SMILES string of the molecule is CCNC(=O)N(C)NC(=O)Cc1ccc(CC)cc1. The predicted molar refractivity (Wildman–Crippen MR) is 74.5 cm³/mol. The van der Waals surface area contributed by atoms with Gasteiger partial charge < -0.3 is 5.32 Å². The monoisotopic (exact) mass is 263 g/mol. The molecular formula is C14H21N3O2. The van der Waals surface area contributed by atoms with Crippen LogP contribution >= 0.6 is 0 Å². The number of benzene rings is 1. The van der Waals surface area contributed by atoms with E-state index >= 15 is 0 Å². The summed E-state index contributed by atoms with van der Waals surface area (Å²) in [5.74, 6) is -0.210. The highest BCUT2D eigenvalue weighted by molar-refractivity contribution is 5.82. The molecule has 19 heavy (non-hydrogen) atoms. The lowest BCUT2D eigenvalue weighted by atomic mass is 10.1. The molecule has 0 unspecified atom stereocenters. The zero-order valence-electron chi connectivity index (χ0n) is 11.7. The van der Waals surface area contributed by atoms with Crippen molar-refractivity contribution in [3.05, 3.63) is 35.4 Å². The van der Waals surface area contributed by atoms with E-state index in [1.54, 1.807) is 0 Å². The molecule has 0 spiro atoms. The van der Waals surface area contributed by atoms with Gasteiger partial charge in [-0.3, -0.25) is 10.2 Å². The van der Waals surface area contributed by atoms with Crippen molar-refractivity contribution in [2.24, 2.45) is 0 Å². The molecule has 0 bridgehead atoms. The van der Waals surface area contributed by atoms with Crippen LogP contribution in [-0.4, -0.2) is 30.5 Å². The fourth-order valence-corrected chi connectivity index (χ4v) is 1.63. The Kier molecular flexibility index (Phi) is 5.85. The number of carbonyl (C=O) groups is 2. The Morgan fingerprint density at radius 1 is 1.11 bits per heavy atom. The molecule has 0 fully saturated rings. The highest BCUT2D eigenvalue weighted by Crippen LogP contribution is 2.05.